The van der Waals surface area contributed by atoms with E-state index in [0.717, 1.165) is 10.7 Å². The zero-order chi connectivity index (χ0) is 22.1. The lowest BCUT2D eigenvalue weighted by molar-refractivity contribution is -0.162. The van der Waals surface area contributed by atoms with Crippen LogP contribution in [0.4, 0.5) is 26.3 Å². The number of nitrogens with zero attached hydrogens (tertiary/aromatic N) is 3. The number of esters is 1. The molecule has 0 aliphatic heterocycles. The average molecular weight is 429 g/mol. The Balaban J connectivity index is 2.23. The van der Waals surface area contributed by atoms with Crippen molar-refractivity contribution in [2.45, 2.75) is 19.3 Å². The molecule has 11 heteroatoms. The molecule has 0 bridgehead atoms. The van der Waals surface area contributed by atoms with Crippen molar-refractivity contribution in [3.8, 4) is 16.9 Å². The predicted molar refractivity (Wildman–Crippen MR) is 92.8 cm³/mol. The van der Waals surface area contributed by atoms with Crippen molar-refractivity contribution in [3.05, 3.63) is 65.6 Å². The van der Waals surface area contributed by atoms with Crippen LogP contribution in [0.5, 0.6) is 0 Å². The van der Waals surface area contributed by atoms with E-state index < -0.39 is 29.4 Å². The lowest BCUT2D eigenvalue weighted by Crippen LogP contribution is -2.17. The van der Waals surface area contributed by atoms with Crippen molar-refractivity contribution < 1.29 is 35.9 Å². The first-order valence-electron chi connectivity index (χ1n) is 8.48. The molecule has 3 rings (SSSR count). The highest BCUT2D eigenvalue weighted by Gasteiger charge is 2.43. The highest BCUT2D eigenvalue weighted by Crippen LogP contribution is 2.41. The third-order valence-corrected chi connectivity index (χ3v) is 4.01. The molecule has 2 heterocycles. The van der Waals surface area contributed by atoms with Crippen LogP contribution in [0.1, 0.15) is 28.5 Å². The van der Waals surface area contributed by atoms with Crippen LogP contribution in [0, 0.1) is 0 Å². The number of alkyl halides is 6. The first-order chi connectivity index (χ1) is 14.0. The Morgan fingerprint density at radius 3 is 2.30 bits per heavy atom. The van der Waals surface area contributed by atoms with Gasteiger partial charge in [0.05, 0.1) is 29.1 Å². The molecule has 3 aromatic rings. The van der Waals surface area contributed by atoms with Crippen LogP contribution in [-0.2, 0) is 17.1 Å². The fourth-order valence-electron chi connectivity index (χ4n) is 2.75. The highest BCUT2D eigenvalue weighted by molar-refractivity contribution is 5.89. The Morgan fingerprint density at radius 2 is 1.73 bits per heavy atom. The highest BCUT2D eigenvalue weighted by atomic mass is 19.4. The second-order valence-corrected chi connectivity index (χ2v) is 6.01. The Bertz CT molecular complexity index is 1060. The number of benzene rings is 1. The molecule has 0 amide bonds. The summed E-state index contributed by atoms with van der Waals surface area (Å²) >= 11 is 0. The molecule has 2 aromatic heterocycles. The number of hydrogen-bond acceptors (Lipinski definition) is 4. The molecule has 0 radical (unpaired) electrons. The number of ether oxygens (including phenoxy) is 1. The van der Waals surface area contributed by atoms with Crippen LogP contribution < -0.4 is 0 Å². The van der Waals surface area contributed by atoms with Crippen LogP contribution in [0.3, 0.4) is 0 Å². The summed E-state index contributed by atoms with van der Waals surface area (Å²) in [6.07, 6.45) is -7.63. The van der Waals surface area contributed by atoms with E-state index in [4.69, 9.17) is 4.74 Å². The quantitative estimate of drug-likeness (QED) is 0.425. The maximum Gasteiger partial charge on any atom is 0.417 e. The van der Waals surface area contributed by atoms with Crippen LogP contribution >= 0.6 is 0 Å². The molecular weight excluding hydrogens is 416 g/mol. The molecule has 0 N–H and O–H groups in total. The topological polar surface area (TPSA) is 57.0 Å². The van der Waals surface area contributed by atoms with Gasteiger partial charge in [-0.05, 0) is 43.3 Å². The lowest BCUT2D eigenvalue weighted by atomic mass is 10.1. The summed E-state index contributed by atoms with van der Waals surface area (Å²) in [4.78, 5) is 15.9. The van der Waals surface area contributed by atoms with Crippen LogP contribution in [0.2, 0.25) is 0 Å². The van der Waals surface area contributed by atoms with Gasteiger partial charge in [-0.2, -0.15) is 31.4 Å². The average Bonchev–Trinajstić information content (AvgIpc) is 3.12. The number of hydrogen-bond donors (Lipinski definition) is 0. The molecule has 0 aliphatic carbocycles. The number of halogens is 6. The number of rotatable bonds is 4. The normalized spacial score (nSPS) is 12.1. The lowest BCUT2D eigenvalue weighted by Gasteiger charge is -2.17. The predicted octanol–water partition coefficient (Wildman–Crippen LogP) is 5.15. The standard InChI is InChI=1S/C19H13F6N3O2/c1-2-30-17(29)15-9-16(11-4-3-7-26-10-11)28(27-15)12-5-6-13(18(20,21)22)14(8-12)19(23,24)25/h3-10H,2H2,1H3. The van der Waals surface area contributed by atoms with Crippen molar-refractivity contribution in [3.63, 3.8) is 0 Å². The van der Waals surface area contributed by atoms with E-state index in [-0.39, 0.29) is 23.7 Å². The van der Waals surface area contributed by atoms with Gasteiger partial charge in [-0.1, -0.05) is 0 Å². The van der Waals surface area contributed by atoms with Gasteiger partial charge in [0.1, 0.15) is 0 Å². The zero-order valence-electron chi connectivity index (χ0n) is 15.3. The Hall–Kier alpha value is -3.37. The van der Waals surface area contributed by atoms with E-state index in [1.807, 2.05) is 0 Å². The van der Waals surface area contributed by atoms with Gasteiger partial charge >= 0.3 is 18.3 Å². The third-order valence-electron chi connectivity index (χ3n) is 4.01. The minimum absolute atomic E-state index is 0.0341. The van der Waals surface area contributed by atoms with E-state index in [1.54, 1.807) is 19.1 Å². The second-order valence-electron chi connectivity index (χ2n) is 6.01. The summed E-state index contributed by atoms with van der Waals surface area (Å²) in [5.74, 6) is -0.829. The van der Waals surface area contributed by atoms with E-state index in [2.05, 4.69) is 10.1 Å². The molecule has 0 saturated carbocycles. The monoisotopic (exact) mass is 429 g/mol. The summed E-state index contributed by atoms with van der Waals surface area (Å²) in [7, 11) is 0. The summed E-state index contributed by atoms with van der Waals surface area (Å²) in [5, 5.41) is 3.96. The van der Waals surface area contributed by atoms with Gasteiger partial charge in [-0.15, -0.1) is 0 Å². The largest absolute Gasteiger partial charge is 0.461 e. The van der Waals surface area contributed by atoms with Gasteiger partial charge < -0.3 is 4.74 Å². The maximum absolute atomic E-state index is 13.3. The number of carbonyl (C=O) groups is 1. The van der Waals surface area contributed by atoms with E-state index >= 15 is 0 Å². The van der Waals surface area contributed by atoms with Gasteiger partial charge in [-0.3, -0.25) is 4.98 Å². The molecular formula is C19H13F6N3O2. The van der Waals surface area contributed by atoms with Crippen LogP contribution in [0.15, 0.2) is 48.8 Å². The Kier molecular flexibility index (Phi) is 5.55. The number of pyridine rings is 1. The van der Waals surface area contributed by atoms with Crippen molar-refractivity contribution in [1.29, 1.82) is 0 Å². The summed E-state index contributed by atoms with van der Waals surface area (Å²) < 4.78 is 84.9. The van der Waals surface area contributed by atoms with Gasteiger partial charge in [0.25, 0.3) is 0 Å². The van der Waals surface area contributed by atoms with E-state index in [0.29, 0.717) is 17.7 Å². The van der Waals surface area contributed by atoms with Gasteiger partial charge in [-0.25, -0.2) is 9.48 Å². The minimum Gasteiger partial charge on any atom is -0.461 e. The SMILES string of the molecule is CCOC(=O)c1cc(-c2cccnc2)n(-c2ccc(C(F)(F)F)c(C(F)(F)F)c2)n1. The fraction of sp³-hybridized carbons (Fsp3) is 0.211. The van der Waals surface area contributed by atoms with Crippen molar-refractivity contribution in [2.75, 3.05) is 6.61 Å². The summed E-state index contributed by atoms with van der Waals surface area (Å²) in [5.41, 5.74) is -3.68. The van der Waals surface area contributed by atoms with E-state index in [1.165, 1.54) is 18.5 Å². The fourth-order valence-corrected chi connectivity index (χ4v) is 2.75. The van der Waals surface area contributed by atoms with Gasteiger partial charge in [0, 0.05) is 18.0 Å². The molecule has 0 saturated heterocycles. The third kappa shape index (κ3) is 4.29. The molecule has 158 valence electrons. The maximum atomic E-state index is 13.3. The van der Waals surface area contributed by atoms with Crippen LogP contribution in [-0.4, -0.2) is 27.3 Å². The molecule has 1 aromatic carbocycles. The van der Waals surface area contributed by atoms with Gasteiger partial charge in [0.15, 0.2) is 5.69 Å². The first kappa shape index (κ1) is 21.3. The molecule has 5 nitrogen and oxygen atoms in total. The minimum atomic E-state index is -5.26. The molecule has 0 atom stereocenters. The Morgan fingerprint density at radius 1 is 1.03 bits per heavy atom. The summed E-state index contributed by atoms with van der Waals surface area (Å²) in [6.45, 7) is 1.59. The molecule has 0 fully saturated rings. The summed E-state index contributed by atoms with van der Waals surface area (Å²) in [6, 6.07) is 5.89. The van der Waals surface area contributed by atoms with Crippen molar-refractivity contribution in [1.82, 2.24) is 14.8 Å². The number of aromatic nitrogens is 3. The molecule has 0 aliphatic rings. The van der Waals surface area contributed by atoms with Gasteiger partial charge in [0.2, 0.25) is 0 Å². The van der Waals surface area contributed by atoms with Crippen molar-refractivity contribution in [2.24, 2.45) is 0 Å². The number of carbonyl (C=O) groups excluding carboxylic acids is 1. The van der Waals surface area contributed by atoms with Crippen molar-refractivity contribution >= 4 is 5.97 Å². The molecule has 30 heavy (non-hydrogen) atoms. The Labute approximate surface area is 165 Å². The molecule has 0 unspecified atom stereocenters. The smallest absolute Gasteiger partial charge is 0.417 e. The molecule has 0 spiro atoms. The van der Waals surface area contributed by atoms with E-state index in [9.17, 15) is 31.1 Å². The first-order valence-corrected chi connectivity index (χ1v) is 8.48. The zero-order valence-corrected chi connectivity index (χ0v) is 15.3. The second kappa shape index (κ2) is 7.81. The van der Waals surface area contributed by atoms with Crippen LogP contribution in [0.25, 0.3) is 16.9 Å².